The van der Waals surface area contributed by atoms with Crippen LogP contribution in [0.5, 0.6) is 0 Å². The Labute approximate surface area is 387 Å². The third kappa shape index (κ3) is 4.94. The molecule has 1 heterocycles. The van der Waals surface area contributed by atoms with Gasteiger partial charge in [-0.3, -0.25) is 0 Å². The minimum atomic E-state index is -0.460. The normalized spacial score (nSPS) is 13.2. The SMILES string of the molecule is c1ccc2c(c1)-c1ccccc1C21c2ccccc2-c2ccc(N(c3ccc(-c4cc5ccccc5c5oc6ccccc6c45)cc3)c3ccc4c5ccccc5c5ccccc5c4c3)cc21. The van der Waals surface area contributed by atoms with Gasteiger partial charge in [0, 0.05) is 33.2 Å². The van der Waals surface area contributed by atoms with Gasteiger partial charge in [-0.1, -0.05) is 188 Å². The van der Waals surface area contributed by atoms with E-state index in [1.54, 1.807) is 0 Å². The van der Waals surface area contributed by atoms with Crippen LogP contribution < -0.4 is 4.90 Å². The van der Waals surface area contributed by atoms with E-state index in [2.05, 4.69) is 241 Å². The van der Waals surface area contributed by atoms with Gasteiger partial charge in [-0.2, -0.15) is 0 Å². The van der Waals surface area contributed by atoms with E-state index in [4.69, 9.17) is 4.42 Å². The Morgan fingerprint density at radius 1 is 0.299 bits per heavy atom. The fraction of sp³-hybridized carbons (Fsp3) is 0.0154. The molecule has 15 rings (SSSR count). The summed E-state index contributed by atoms with van der Waals surface area (Å²) in [6.07, 6.45) is 0. The Bertz CT molecular complexity index is 4130. The molecular weight excluding hydrogens is 811 g/mol. The van der Waals surface area contributed by atoms with Gasteiger partial charge in [0.25, 0.3) is 0 Å². The molecule has 13 aromatic rings. The monoisotopic (exact) mass is 849 g/mol. The van der Waals surface area contributed by atoms with Gasteiger partial charge < -0.3 is 9.32 Å². The lowest BCUT2D eigenvalue weighted by molar-refractivity contribution is 0.673. The molecule has 0 unspecified atom stereocenters. The maximum absolute atomic E-state index is 6.63. The molecule has 1 aromatic heterocycles. The second-order valence-corrected chi connectivity index (χ2v) is 18.3. The molecule has 2 aliphatic carbocycles. The van der Waals surface area contributed by atoms with E-state index in [9.17, 15) is 0 Å². The van der Waals surface area contributed by atoms with Gasteiger partial charge in [-0.15, -0.1) is 0 Å². The molecule has 0 saturated heterocycles. The van der Waals surface area contributed by atoms with Crippen molar-refractivity contribution in [2.75, 3.05) is 4.90 Å². The summed E-state index contributed by atoms with van der Waals surface area (Å²) in [5, 5.41) is 12.1. The summed E-state index contributed by atoms with van der Waals surface area (Å²) < 4.78 is 6.63. The van der Waals surface area contributed by atoms with Crippen LogP contribution in [0.4, 0.5) is 17.1 Å². The van der Waals surface area contributed by atoms with E-state index >= 15 is 0 Å². The lowest BCUT2D eigenvalue weighted by atomic mass is 9.70. The van der Waals surface area contributed by atoms with Crippen molar-refractivity contribution >= 4 is 82.1 Å². The Kier molecular flexibility index (Phi) is 7.46. The molecule has 0 aliphatic heterocycles. The number of benzene rings is 12. The van der Waals surface area contributed by atoms with Gasteiger partial charge in [-0.25, -0.2) is 0 Å². The van der Waals surface area contributed by atoms with Gasteiger partial charge in [0.05, 0.1) is 5.41 Å². The summed E-state index contributed by atoms with van der Waals surface area (Å²) in [7, 11) is 0. The standard InChI is InChI=1S/C65H39NO/c1-2-16-45-41(15-1)37-56(63-55-24-10-14-28-62(55)67-64(45)63)40-29-31-42(32-30-40)66(43-33-35-50-48-19-4-3-17-46(48)47-18-5-6-20-49(47)57(50)38-43)44-34-36-54-53-23-9-13-27-60(53)65(61(54)39-44)58-25-11-7-21-51(58)52-22-8-12-26-59(52)65/h1-39H. The minimum Gasteiger partial charge on any atom is -0.455 e. The van der Waals surface area contributed by atoms with Gasteiger partial charge >= 0.3 is 0 Å². The van der Waals surface area contributed by atoms with Gasteiger partial charge in [-0.05, 0) is 142 Å². The van der Waals surface area contributed by atoms with E-state index in [-0.39, 0.29) is 0 Å². The highest BCUT2D eigenvalue weighted by molar-refractivity contribution is 6.26. The molecule has 0 radical (unpaired) electrons. The first-order valence-corrected chi connectivity index (χ1v) is 23.2. The average molecular weight is 850 g/mol. The predicted molar refractivity (Wildman–Crippen MR) is 280 cm³/mol. The number of nitrogens with zero attached hydrogens (tertiary/aromatic N) is 1. The number of para-hydroxylation sites is 1. The van der Waals surface area contributed by atoms with Gasteiger partial charge in [0.1, 0.15) is 11.2 Å². The van der Waals surface area contributed by atoms with Crippen LogP contribution in [0.1, 0.15) is 22.3 Å². The number of hydrogen-bond acceptors (Lipinski definition) is 2. The Balaban J connectivity index is 0.983. The van der Waals surface area contributed by atoms with E-state index < -0.39 is 5.41 Å². The summed E-state index contributed by atoms with van der Waals surface area (Å²) in [5.74, 6) is 0. The fourth-order valence-electron chi connectivity index (χ4n) is 12.3. The highest BCUT2D eigenvalue weighted by Crippen LogP contribution is 2.63. The van der Waals surface area contributed by atoms with E-state index in [1.807, 2.05) is 0 Å². The van der Waals surface area contributed by atoms with Crippen molar-refractivity contribution in [1.29, 1.82) is 0 Å². The third-order valence-electron chi connectivity index (χ3n) is 15.0. The van der Waals surface area contributed by atoms with Crippen molar-refractivity contribution in [1.82, 2.24) is 0 Å². The maximum Gasteiger partial charge on any atom is 0.143 e. The molecule has 2 nitrogen and oxygen atoms in total. The molecule has 0 atom stereocenters. The van der Waals surface area contributed by atoms with Crippen molar-refractivity contribution in [3.63, 3.8) is 0 Å². The molecular formula is C65H39NO. The first kappa shape index (κ1) is 36.6. The first-order valence-electron chi connectivity index (χ1n) is 23.2. The van der Waals surface area contributed by atoms with Crippen LogP contribution in [-0.4, -0.2) is 0 Å². The van der Waals surface area contributed by atoms with Crippen molar-refractivity contribution in [2.24, 2.45) is 0 Å². The zero-order valence-electron chi connectivity index (χ0n) is 36.4. The van der Waals surface area contributed by atoms with Crippen LogP contribution in [0.25, 0.3) is 98.4 Å². The average Bonchev–Trinajstić information content (AvgIpc) is 4.04. The summed E-state index contributed by atoms with van der Waals surface area (Å²) in [6.45, 7) is 0. The second kappa shape index (κ2) is 13.7. The zero-order chi connectivity index (χ0) is 43.8. The molecule has 67 heavy (non-hydrogen) atoms. The van der Waals surface area contributed by atoms with Gasteiger partial charge in [0.2, 0.25) is 0 Å². The number of furan rings is 1. The largest absolute Gasteiger partial charge is 0.455 e. The van der Waals surface area contributed by atoms with Crippen molar-refractivity contribution in [2.45, 2.75) is 5.41 Å². The third-order valence-corrected chi connectivity index (χ3v) is 15.0. The summed E-state index contributed by atoms with van der Waals surface area (Å²) >= 11 is 0. The number of fused-ring (bicyclic) bond motifs is 21. The molecule has 0 N–H and O–H groups in total. The van der Waals surface area contributed by atoms with E-state index in [0.29, 0.717) is 0 Å². The summed E-state index contributed by atoms with van der Waals surface area (Å²) in [5.41, 5.74) is 17.5. The lowest BCUT2D eigenvalue weighted by Crippen LogP contribution is -2.26. The topological polar surface area (TPSA) is 16.4 Å². The summed E-state index contributed by atoms with van der Waals surface area (Å²) in [6, 6.07) is 87.7. The highest BCUT2D eigenvalue weighted by atomic mass is 16.3. The van der Waals surface area contributed by atoms with Crippen molar-refractivity contribution < 1.29 is 4.42 Å². The van der Waals surface area contributed by atoms with Crippen LogP contribution in [0.15, 0.2) is 241 Å². The summed E-state index contributed by atoms with van der Waals surface area (Å²) in [4.78, 5) is 2.47. The molecule has 0 amide bonds. The number of rotatable bonds is 4. The van der Waals surface area contributed by atoms with Crippen LogP contribution >= 0.6 is 0 Å². The van der Waals surface area contributed by atoms with E-state index in [0.717, 1.165) is 60.9 Å². The minimum absolute atomic E-state index is 0.460. The molecule has 2 aliphatic rings. The fourth-order valence-corrected chi connectivity index (χ4v) is 12.3. The Morgan fingerprint density at radius 2 is 0.761 bits per heavy atom. The molecule has 0 fully saturated rings. The molecule has 12 aromatic carbocycles. The predicted octanol–water partition coefficient (Wildman–Crippen LogP) is 17.7. The van der Waals surface area contributed by atoms with Crippen molar-refractivity contribution in [3.8, 4) is 33.4 Å². The molecule has 310 valence electrons. The quantitative estimate of drug-likeness (QED) is 0.164. The smallest absolute Gasteiger partial charge is 0.143 e. The maximum atomic E-state index is 6.63. The Morgan fingerprint density at radius 3 is 1.40 bits per heavy atom. The van der Waals surface area contributed by atoms with Crippen LogP contribution in [-0.2, 0) is 5.41 Å². The highest BCUT2D eigenvalue weighted by Gasteiger charge is 2.51. The van der Waals surface area contributed by atoms with Crippen molar-refractivity contribution in [3.05, 3.63) is 259 Å². The van der Waals surface area contributed by atoms with Crippen LogP contribution in [0.3, 0.4) is 0 Å². The number of hydrogen-bond donors (Lipinski definition) is 0. The number of anilines is 3. The van der Waals surface area contributed by atoms with E-state index in [1.165, 1.54) is 76.8 Å². The lowest BCUT2D eigenvalue weighted by Gasteiger charge is -2.32. The molecule has 0 saturated carbocycles. The Hall–Kier alpha value is -8.72. The van der Waals surface area contributed by atoms with Gasteiger partial charge in [0.15, 0.2) is 0 Å². The molecule has 0 bridgehead atoms. The molecule has 2 heteroatoms. The zero-order valence-corrected chi connectivity index (χ0v) is 36.4. The van der Waals surface area contributed by atoms with Crippen LogP contribution in [0.2, 0.25) is 0 Å². The van der Waals surface area contributed by atoms with Crippen LogP contribution in [0, 0.1) is 0 Å². The second-order valence-electron chi connectivity index (χ2n) is 18.3. The molecule has 1 spiro atoms. The first-order chi connectivity index (χ1) is 33.2.